The van der Waals surface area contributed by atoms with Gasteiger partial charge in [0.05, 0.1) is 22.3 Å². The van der Waals surface area contributed by atoms with Crippen molar-refractivity contribution in [2.75, 3.05) is 0 Å². The normalized spacial score (nSPS) is 11.6. The number of hydrogen-bond acceptors (Lipinski definition) is 6. The van der Waals surface area contributed by atoms with E-state index < -0.39 is 11.7 Å². The van der Waals surface area contributed by atoms with E-state index in [1.165, 1.54) is 6.07 Å². The molecule has 66 heavy (non-hydrogen) atoms. The predicted molar refractivity (Wildman–Crippen MR) is 255 cm³/mol. The summed E-state index contributed by atoms with van der Waals surface area (Å²) in [5.41, 5.74) is 7.14. The lowest BCUT2D eigenvalue weighted by Gasteiger charge is -2.17. The molecule has 0 amide bonds. The highest BCUT2D eigenvalue weighted by Crippen LogP contribution is 2.42. The lowest BCUT2D eigenvalue weighted by atomic mass is 9.96. The highest BCUT2D eigenvalue weighted by molar-refractivity contribution is 6.11. The van der Waals surface area contributed by atoms with E-state index in [4.69, 9.17) is 29.9 Å². The van der Waals surface area contributed by atoms with Crippen molar-refractivity contribution in [3.05, 3.63) is 211 Å². The molecular formula is C56H36F3N7. The topological polar surface area (TPSA) is 82.3 Å². The van der Waals surface area contributed by atoms with Gasteiger partial charge in [-0.2, -0.15) is 13.2 Å². The molecule has 0 unspecified atom stereocenters. The van der Waals surface area contributed by atoms with Crippen molar-refractivity contribution in [2.24, 2.45) is 0 Å². The van der Waals surface area contributed by atoms with Crippen LogP contribution < -0.4 is 0 Å². The SMILES string of the molecule is Cc1ccc(-c2ccc3c4ccccc4n(-c4ccc(-c5nc(-c6ccccc6)nc(-c6ccccc6)n5)cc4-c4nc(-c5ccccc5)nc(-c5ccccc5)n4)c3c2)c(C(F)(F)F)c1. The number of rotatable bonds is 8. The van der Waals surface area contributed by atoms with Crippen LogP contribution in [0.3, 0.4) is 0 Å². The standard InChI is InChI=1S/C56H36F3N7/c1-35-26-29-42(46(32-35)56(57,58)59)40-27-30-44-43-24-14-15-25-47(43)66(49(44)34-40)48-31-28-41(54-62-50(36-16-6-2-7-17-36)60-51(63-54)37-18-8-3-9-19-37)33-45(48)55-64-52(38-20-10-4-11-21-38)61-53(65-55)39-22-12-5-13-23-39/h2-34H,1H3. The Hall–Kier alpha value is -8.63. The Morgan fingerprint density at radius 3 is 1.30 bits per heavy atom. The lowest BCUT2D eigenvalue weighted by molar-refractivity contribution is -0.137. The summed E-state index contributed by atoms with van der Waals surface area (Å²) in [7, 11) is 0. The number of aryl methyl sites for hydroxylation is 1. The van der Waals surface area contributed by atoms with Crippen molar-refractivity contribution in [3.8, 4) is 85.1 Å². The molecule has 0 aliphatic heterocycles. The van der Waals surface area contributed by atoms with Gasteiger partial charge < -0.3 is 4.57 Å². The van der Waals surface area contributed by atoms with Crippen molar-refractivity contribution < 1.29 is 13.2 Å². The fourth-order valence-corrected chi connectivity index (χ4v) is 8.46. The van der Waals surface area contributed by atoms with E-state index in [2.05, 4.69) is 4.57 Å². The summed E-state index contributed by atoms with van der Waals surface area (Å²) in [6, 6.07) is 62.9. The first-order valence-corrected chi connectivity index (χ1v) is 21.4. The molecular weight excluding hydrogens is 828 g/mol. The molecule has 10 heteroatoms. The van der Waals surface area contributed by atoms with E-state index in [1.807, 2.05) is 176 Å². The summed E-state index contributed by atoms with van der Waals surface area (Å²) in [5, 5.41) is 1.80. The van der Waals surface area contributed by atoms with Gasteiger partial charge in [-0.1, -0.05) is 169 Å². The van der Waals surface area contributed by atoms with E-state index in [0.717, 1.165) is 38.5 Å². The Labute approximate surface area is 377 Å². The van der Waals surface area contributed by atoms with Crippen LogP contribution in [0.15, 0.2) is 200 Å². The van der Waals surface area contributed by atoms with Crippen molar-refractivity contribution in [2.45, 2.75) is 13.1 Å². The summed E-state index contributed by atoms with van der Waals surface area (Å²) in [4.78, 5) is 30.4. The molecule has 0 saturated carbocycles. The van der Waals surface area contributed by atoms with Gasteiger partial charge in [0.1, 0.15) is 0 Å². The van der Waals surface area contributed by atoms with Gasteiger partial charge in [-0.15, -0.1) is 0 Å². The maximum atomic E-state index is 14.7. The fourth-order valence-electron chi connectivity index (χ4n) is 8.46. The third-order valence-corrected chi connectivity index (χ3v) is 11.6. The van der Waals surface area contributed by atoms with Gasteiger partial charge >= 0.3 is 6.18 Å². The predicted octanol–water partition coefficient (Wildman–Crippen LogP) is 14.1. The molecule has 0 fully saturated rings. The zero-order chi connectivity index (χ0) is 44.8. The zero-order valence-corrected chi connectivity index (χ0v) is 35.3. The number of halogens is 3. The van der Waals surface area contributed by atoms with Gasteiger partial charge in [-0.25, -0.2) is 29.9 Å². The fraction of sp³-hybridized carbons (Fsp3) is 0.0357. The number of hydrogen-bond donors (Lipinski definition) is 0. The van der Waals surface area contributed by atoms with Gasteiger partial charge in [-0.05, 0) is 54.4 Å². The Morgan fingerprint density at radius 2 is 0.788 bits per heavy atom. The number of alkyl halides is 3. The van der Waals surface area contributed by atoms with Gasteiger partial charge in [-0.3, -0.25) is 0 Å². The molecule has 0 N–H and O–H groups in total. The molecule has 0 atom stereocenters. The second kappa shape index (κ2) is 16.5. The van der Waals surface area contributed by atoms with Crippen LogP contribution in [0.2, 0.25) is 0 Å². The van der Waals surface area contributed by atoms with E-state index in [0.29, 0.717) is 68.4 Å². The average Bonchev–Trinajstić information content (AvgIpc) is 3.70. The Kier molecular flexibility index (Phi) is 10.0. The zero-order valence-electron chi connectivity index (χ0n) is 35.3. The van der Waals surface area contributed by atoms with Gasteiger partial charge in [0.2, 0.25) is 0 Å². The number of para-hydroxylation sites is 1. The second-order valence-electron chi connectivity index (χ2n) is 15.9. The third-order valence-electron chi connectivity index (χ3n) is 11.6. The van der Waals surface area contributed by atoms with E-state index in [1.54, 1.807) is 25.1 Å². The third kappa shape index (κ3) is 7.54. The summed E-state index contributed by atoms with van der Waals surface area (Å²) >= 11 is 0. The van der Waals surface area contributed by atoms with Crippen LogP contribution in [0.25, 0.3) is 107 Å². The first-order chi connectivity index (χ1) is 32.2. The minimum Gasteiger partial charge on any atom is -0.308 e. The highest BCUT2D eigenvalue weighted by Gasteiger charge is 2.34. The molecule has 7 nitrogen and oxygen atoms in total. The number of nitrogens with zero attached hydrogens (tertiary/aromatic N) is 7. The monoisotopic (exact) mass is 863 g/mol. The summed E-state index contributed by atoms with van der Waals surface area (Å²) in [6.45, 7) is 1.67. The minimum absolute atomic E-state index is 0.0955. The van der Waals surface area contributed by atoms with Gasteiger partial charge in [0, 0.05) is 44.2 Å². The molecule has 8 aromatic carbocycles. The second-order valence-corrected chi connectivity index (χ2v) is 15.9. The molecule has 316 valence electrons. The quantitative estimate of drug-likeness (QED) is 0.151. The molecule has 0 spiro atoms. The first-order valence-electron chi connectivity index (χ1n) is 21.4. The first kappa shape index (κ1) is 40.2. The smallest absolute Gasteiger partial charge is 0.308 e. The van der Waals surface area contributed by atoms with Gasteiger partial charge in [0.15, 0.2) is 34.9 Å². The minimum atomic E-state index is -4.56. The van der Waals surface area contributed by atoms with Crippen LogP contribution in [-0.4, -0.2) is 34.5 Å². The van der Waals surface area contributed by atoms with Crippen LogP contribution in [0, 0.1) is 6.92 Å². The summed E-state index contributed by atoms with van der Waals surface area (Å²) in [5.74, 6) is 2.76. The Morgan fingerprint density at radius 1 is 0.348 bits per heavy atom. The van der Waals surface area contributed by atoms with Crippen molar-refractivity contribution >= 4 is 21.8 Å². The molecule has 11 rings (SSSR count). The lowest BCUT2D eigenvalue weighted by Crippen LogP contribution is -2.07. The van der Waals surface area contributed by atoms with Gasteiger partial charge in [0.25, 0.3) is 0 Å². The average molecular weight is 864 g/mol. The number of fused-ring (bicyclic) bond motifs is 3. The Bertz CT molecular complexity index is 3460. The molecule has 0 bridgehead atoms. The summed E-state index contributed by atoms with van der Waals surface area (Å²) < 4.78 is 46.1. The van der Waals surface area contributed by atoms with Crippen LogP contribution in [0.5, 0.6) is 0 Å². The van der Waals surface area contributed by atoms with Crippen LogP contribution >= 0.6 is 0 Å². The van der Waals surface area contributed by atoms with E-state index in [9.17, 15) is 13.2 Å². The Balaban J connectivity index is 1.21. The molecule has 0 radical (unpaired) electrons. The van der Waals surface area contributed by atoms with Crippen molar-refractivity contribution in [1.82, 2.24) is 34.5 Å². The molecule has 0 aliphatic rings. The molecule has 0 aliphatic carbocycles. The van der Waals surface area contributed by atoms with E-state index >= 15 is 0 Å². The van der Waals surface area contributed by atoms with Crippen molar-refractivity contribution in [3.63, 3.8) is 0 Å². The molecule has 3 aromatic heterocycles. The molecule has 3 heterocycles. The summed E-state index contributed by atoms with van der Waals surface area (Å²) in [6.07, 6.45) is -4.56. The van der Waals surface area contributed by atoms with Crippen molar-refractivity contribution in [1.29, 1.82) is 0 Å². The molecule has 11 aromatic rings. The molecule has 0 saturated heterocycles. The largest absolute Gasteiger partial charge is 0.417 e. The maximum absolute atomic E-state index is 14.7. The van der Waals surface area contributed by atoms with E-state index in [-0.39, 0.29) is 5.56 Å². The van der Waals surface area contributed by atoms with Crippen LogP contribution in [0.1, 0.15) is 11.1 Å². The van der Waals surface area contributed by atoms with Crippen LogP contribution in [0.4, 0.5) is 13.2 Å². The maximum Gasteiger partial charge on any atom is 0.417 e. The highest BCUT2D eigenvalue weighted by atomic mass is 19.4. The number of benzene rings is 8. The van der Waals surface area contributed by atoms with Crippen LogP contribution in [-0.2, 0) is 6.18 Å². The number of aromatic nitrogens is 7.